The average molecular weight is 295 g/mol. The van der Waals surface area contributed by atoms with Gasteiger partial charge in [-0.25, -0.2) is 5.10 Å². The quantitative estimate of drug-likeness (QED) is 0.784. The summed E-state index contributed by atoms with van der Waals surface area (Å²) in [5, 5.41) is 6.11. The number of aromatic amines is 1. The summed E-state index contributed by atoms with van der Waals surface area (Å²) in [6, 6.07) is 0. The number of aryl methyl sites for hydroxylation is 1. The molecule has 0 aliphatic rings. The number of esters is 1. The van der Waals surface area contributed by atoms with E-state index in [-0.39, 0.29) is 18.7 Å². The predicted octanol–water partition coefficient (Wildman–Crippen LogP) is 0.802. The molecule has 0 aliphatic heterocycles. The predicted molar refractivity (Wildman–Crippen MR) is 77.2 cm³/mol. The Morgan fingerprint density at radius 2 is 1.95 bits per heavy atom. The highest BCUT2D eigenvalue weighted by atomic mass is 16.5. The van der Waals surface area contributed by atoms with Crippen LogP contribution in [-0.4, -0.2) is 46.7 Å². The number of carbonyl (C=O) groups excluding carboxylic acids is 2. The smallest absolute Gasteiger partial charge is 0.325 e. The number of amides is 1. The van der Waals surface area contributed by atoms with Gasteiger partial charge in [-0.15, -0.1) is 0 Å². The highest BCUT2D eigenvalue weighted by molar-refractivity contribution is 5.97. The Kier molecular flexibility index (Phi) is 6.08. The minimum atomic E-state index is -0.548. The fraction of sp³-hybridized carbons (Fsp3) is 0.571. The second-order valence-corrected chi connectivity index (χ2v) is 4.67. The molecule has 1 heterocycles. The number of aromatic nitrogens is 2. The molecule has 116 valence electrons. The lowest BCUT2D eigenvalue weighted by atomic mass is 10.1. The van der Waals surface area contributed by atoms with E-state index in [1.165, 1.54) is 4.90 Å². The highest BCUT2D eigenvalue weighted by Crippen LogP contribution is 2.09. The molecule has 21 heavy (non-hydrogen) atoms. The Morgan fingerprint density at radius 3 is 2.52 bits per heavy atom. The number of rotatable bonds is 6. The van der Waals surface area contributed by atoms with Crippen LogP contribution in [0.15, 0.2) is 4.79 Å². The maximum atomic E-state index is 12.5. The molecule has 0 unspecified atom stereocenters. The molecule has 0 saturated carbocycles. The zero-order valence-corrected chi connectivity index (χ0v) is 12.9. The van der Waals surface area contributed by atoms with Crippen molar-refractivity contribution in [2.75, 3.05) is 19.7 Å². The molecule has 0 aliphatic carbocycles. The van der Waals surface area contributed by atoms with Gasteiger partial charge in [-0.3, -0.25) is 14.4 Å². The molecule has 0 radical (unpaired) electrons. The number of hydrogen-bond donors (Lipinski definition) is 1. The molecule has 0 saturated heterocycles. The summed E-state index contributed by atoms with van der Waals surface area (Å²) in [4.78, 5) is 37.3. The van der Waals surface area contributed by atoms with Gasteiger partial charge < -0.3 is 9.64 Å². The van der Waals surface area contributed by atoms with E-state index < -0.39 is 17.4 Å². The summed E-state index contributed by atoms with van der Waals surface area (Å²) in [6.45, 7) is 7.42. The standard InChI is InChI=1S/C14H21N3O4/c1-5-7-17(8-11(18)21-6-2)14(20)12-9(3)10(4)15-16-13(12)19/h5-8H2,1-4H3,(H,16,19). The normalized spacial score (nSPS) is 10.3. The fourth-order valence-electron chi connectivity index (χ4n) is 1.93. The Balaban J connectivity index is 3.09. The second-order valence-electron chi connectivity index (χ2n) is 4.67. The van der Waals surface area contributed by atoms with Crippen molar-refractivity contribution in [3.8, 4) is 0 Å². The van der Waals surface area contributed by atoms with Gasteiger partial charge in [-0.2, -0.15) is 5.10 Å². The minimum Gasteiger partial charge on any atom is -0.465 e. The Morgan fingerprint density at radius 1 is 1.29 bits per heavy atom. The van der Waals surface area contributed by atoms with Gasteiger partial charge in [-0.1, -0.05) is 6.92 Å². The summed E-state index contributed by atoms with van der Waals surface area (Å²) in [5.41, 5.74) is 0.576. The van der Waals surface area contributed by atoms with Gasteiger partial charge in [0.15, 0.2) is 0 Å². The number of hydrogen-bond acceptors (Lipinski definition) is 5. The Bertz CT molecular complexity index is 580. The number of carbonyl (C=O) groups is 2. The van der Waals surface area contributed by atoms with Crippen molar-refractivity contribution >= 4 is 11.9 Å². The molecule has 0 atom stereocenters. The van der Waals surface area contributed by atoms with Gasteiger partial charge in [0.2, 0.25) is 0 Å². The third kappa shape index (κ3) is 4.14. The maximum Gasteiger partial charge on any atom is 0.325 e. The van der Waals surface area contributed by atoms with Gasteiger partial charge in [0.05, 0.1) is 12.3 Å². The molecule has 7 nitrogen and oxygen atoms in total. The lowest BCUT2D eigenvalue weighted by Gasteiger charge is -2.21. The molecule has 1 N–H and O–H groups in total. The topological polar surface area (TPSA) is 92.4 Å². The van der Waals surface area contributed by atoms with Crippen molar-refractivity contribution in [3.63, 3.8) is 0 Å². The van der Waals surface area contributed by atoms with Crippen LogP contribution >= 0.6 is 0 Å². The van der Waals surface area contributed by atoms with E-state index in [1.54, 1.807) is 20.8 Å². The van der Waals surface area contributed by atoms with Crippen molar-refractivity contribution < 1.29 is 14.3 Å². The highest BCUT2D eigenvalue weighted by Gasteiger charge is 2.24. The summed E-state index contributed by atoms with van der Waals surface area (Å²) in [6.07, 6.45) is 0.673. The van der Waals surface area contributed by atoms with Crippen LogP contribution in [0.3, 0.4) is 0 Å². The van der Waals surface area contributed by atoms with E-state index in [0.717, 1.165) is 0 Å². The first kappa shape index (κ1) is 16.9. The summed E-state index contributed by atoms with van der Waals surface area (Å²) >= 11 is 0. The zero-order chi connectivity index (χ0) is 16.0. The molecule has 0 aromatic carbocycles. The largest absolute Gasteiger partial charge is 0.465 e. The maximum absolute atomic E-state index is 12.5. The van der Waals surface area contributed by atoms with Gasteiger partial charge >= 0.3 is 5.97 Å². The van der Waals surface area contributed by atoms with Gasteiger partial charge in [-0.05, 0) is 32.8 Å². The van der Waals surface area contributed by atoms with Crippen molar-refractivity contribution in [2.45, 2.75) is 34.1 Å². The number of H-pyrrole nitrogens is 1. The van der Waals surface area contributed by atoms with Crippen molar-refractivity contribution in [3.05, 3.63) is 27.2 Å². The molecule has 7 heteroatoms. The van der Waals surface area contributed by atoms with Crippen molar-refractivity contribution in [2.24, 2.45) is 0 Å². The lowest BCUT2D eigenvalue weighted by Crippen LogP contribution is -2.40. The minimum absolute atomic E-state index is 0.0280. The first-order valence-electron chi connectivity index (χ1n) is 6.93. The van der Waals surface area contributed by atoms with Crippen molar-refractivity contribution in [1.29, 1.82) is 0 Å². The third-order valence-corrected chi connectivity index (χ3v) is 3.09. The molecular formula is C14H21N3O4. The van der Waals surface area contributed by atoms with Crippen LogP contribution in [0.1, 0.15) is 41.9 Å². The summed E-state index contributed by atoms with van der Waals surface area (Å²) in [7, 11) is 0. The Hall–Kier alpha value is -2.18. The molecular weight excluding hydrogens is 274 g/mol. The molecule has 1 aromatic heterocycles. The molecule has 0 bridgehead atoms. The monoisotopic (exact) mass is 295 g/mol. The molecule has 0 spiro atoms. The van der Waals surface area contributed by atoms with E-state index in [2.05, 4.69) is 10.2 Å². The van der Waals surface area contributed by atoms with Gasteiger partial charge in [0, 0.05) is 6.54 Å². The molecule has 1 rings (SSSR count). The lowest BCUT2D eigenvalue weighted by molar-refractivity contribution is -0.143. The molecule has 1 amide bonds. The summed E-state index contributed by atoms with van der Waals surface area (Å²) < 4.78 is 4.86. The number of nitrogens with one attached hydrogen (secondary N) is 1. The van der Waals surface area contributed by atoms with Gasteiger partial charge in [0.1, 0.15) is 12.1 Å². The number of nitrogens with zero attached hydrogens (tertiary/aromatic N) is 2. The fourth-order valence-corrected chi connectivity index (χ4v) is 1.93. The number of ether oxygens (including phenoxy) is 1. The molecule has 0 fully saturated rings. The SMILES string of the molecule is CCCN(CC(=O)OCC)C(=O)c1c(C)c(C)n[nH]c1=O. The molecule has 1 aromatic rings. The van der Waals surface area contributed by atoms with E-state index in [0.29, 0.717) is 24.2 Å². The zero-order valence-electron chi connectivity index (χ0n) is 12.9. The van der Waals surface area contributed by atoms with Crippen molar-refractivity contribution in [1.82, 2.24) is 15.1 Å². The van der Waals surface area contributed by atoms with Crippen LogP contribution in [0.5, 0.6) is 0 Å². The van der Waals surface area contributed by atoms with E-state index in [9.17, 15) is 14.4 Å². The van der Waals surface area contributed by atoms with E-state index >= 15 is 0 Å². The van der Waals surface area contributed by atoms with Crippen LogP contribution in [0, 0.1) is 13.8 Å². The van der Waals surface area contributed by atoms with Crippen LogP contribution in [-0.2, 0) is 9.53 Å². The first-order valence-corrected chi connectivity index (χ1v) is 6.93. The van der Waals surface area contributed by atoms with E-state index in [1.807, 2.05) is 6.92 Å². The third-order valence-electron chi connectivity index (χ3n) is 3.09. The average Bonchev–Trinajstić information content (AvgIpc) is 2.43. The van der Waals surface area contributed by atoms with E-state index in [4.69, 9.17) is 4.74 Å². The summed E-state index contributed by atoms with van der Waals surface area (Å²) in [5.74, 6) is -0.965. The Labute approximate surface area is 123 Å². The van der Waals surface area contributed by atoms with Crippen LogP contribution in [0.2, 0.25) is 0 Å². The van der Waals surface area contributed by atoms with Crippen LogP contribution < -0.4 is 5.56 Å². The van der Waals surface area contributed by atoms with Gasteiger partial charge in [0.25, 0.3) is 11.5 Å². The van der Waals surface area contributed by atoms with Crippen LogP contribution in [0.25, 0.3) is 0 Å². The van der Waals surface area contributed by atoms with Crippen LogP contribution in [0.4, 0.5) is 0 Å². The second kappa shape index (κ2) is 7.56. The first-order chi connectivity index (χ1) is 9.92.